The number of benzene rings is 1. The lowest BCUT2D eigenvalue weighted by Gasteiger charge is -2.39. The number of halogens is 2. The van der Waals surface area contributed by atoms with Crippen molar-refractivity contribution < 1.29 is 13.5 Å². The zero-order valence-electron chi connectivity index (χ0n) is 9.88. The summed E-state index contributed by atoms with van der Waals surface area (Å²) in [6.45, 7) is 2.49. The fourth-order valence-electron chi connectivity index (χ4n) is 2.28. The van der Waals surface area contributed by atoms with Crippen LogP contribution in [0.15, 0.2) is 18.2 Å². The first-order chi connectivity index (χ1) is 8.03. The average molecular weight is 241 g/mol. The molecule has 2 nitrogen and oxygen atoms in total. The van der Waals surface area contributed by atoms with Crippen LogP contribution in [-0.2, 0) is 4.74 Å². The maximum atomic E-state index is 13.6. The summed E-state index contributed by atoms with van der Waals surface area (Å²) < 4.78 is 32.4. The van der Waals surface area contributed by atoms with Crippen molar-refractivity contribution in [3.8, 4) is 0 Å². The predicted molar refractivity (Wildman–Crippen MR) is 61.5 cm³/mol. The van der Waals surface area contributed by atoms with E-state index in [1.54, 1.807) is 0 Å². The molecule has 0 spiro atoms. The van der Waals surface area contributed by atoms with Crippen molar-refractivity contribution in [2.75, 3.05) is 6.61 Å². The number of hydrogen-bond donors (Lipinski definition) is 1. The minimum absolute atomic E-state index is 0.189. The molecule has 1 fully saturated rings. The quantitative estimate of drug-likeness (QED) is 0.864. The van der Waals surface area contributed by atoms with E-state index in [2.05, 4.69) is 0 Å². The van der Waals surface area contributed by atoms with Crippen LogP contribution in [0.25, 0.3) is 0 Å². The van der Waals surface area contributed by atoms with Gasteiger partial charge in [0.1, 0.15) is 11.6 Å². The highest BCUT2D eigenvalue weighted by Gasteiger charge is 2.36. The van der Waals surface area contributed by atoms with Gasteiger partial charge >= 0.3 is 0 Å². The van der Waals surface area contributed by atoms with Crippen LogP contribution in [0.5, 0.6) is 0 Å². The van der Waals surface area contributed by atoms with Gasteiger partial charge in [0.15, 0.2) is 0 Å². The smallest absolute Gasteiger partial charge is 0.128 e. The van der Waals surface area contributed by atoms with Crippen molar-refractivity contribution in [1.29, 1.82) is 0 Å². The summed E-state index contributed by atoms with van der Waals surface area (Å²) in [5, 5.41) is 0. The second-order valence-corrected chi connectivity index (χ2v) is 4.76. The largest absolute Gasteiger partial charge is 0.373 e. The average Bonchev–Trinajstić information content (AvgIpc) is 2.32. The lowest BCUT2D eigenvalue weighted by Crippen LogP contribution is -2.43. The number of nitrogens with two attached hydrogens (primary N) is 1. The van der Waals surface area contributed by atoms with Crippen LogP contribution in [0, 0.1) is 11.6 Å². The minimum atomic E-state index is -0.640. The highest BCUT2D eigenvalue weighted by atomic mass is 19.1. The van der Waals surface area contributed by atoms with Crippen LogP contribution >= 0.6 is 0 Å². The third kappa shape index (κ3) is 2.48. The van der Waals surface area contributed by atoms with Crippen LogP contribution in [0.3, 0.4) is 0 Å². The molecule has 2 unspecified atom stereocenters. The highest BCUT2D eigenvalue weighted by Crippen LogP contribution is 2.35. The highest BCUT2D eigenvalue weighted by molar-refractivity contribution is 5.24. The van der Waals surface area contributed by atoms with Gasteiger partial charge in [-0.25, -0.2) is 8.78 Å². The maximum Gasteiger partial charge on any atom is 0.128 e. The first-order valence-electron chi connectivity index (χ1n) is 5.87. The molecular formula is C13H17F2NO. The van der Waals surface area contributed by atoms with Crippen molar-refractivity contribution in [3.05, 3.63) is 35.4 Å². The zero-order valence-corrected chi connectivity index (χ0v) is 9.88. The van der Waals surface area contributed by atoms with E-state index in [0.29, 0.717) is 6.61 Å². The second-order valence-electron chi connectivity index (χ2n) is 4.76. The molecule has 2 atom stereocenters. The van der Waals surface area contributed by atoms with Crippen LogP contribution in [0.1, 0.15) is 37.8 Å². The number of rotatable bonds is 2. The van der Waals surface area contributed by atoms with E-state index in [9.17, 15) is 8.78 Å². The van der Waals surface area contributed by atoms with Crippen LogP contribution in [0.4, 0.5) is 8.78 Å². The van der Waals surface area contributed by atoms with Crippen molar-refractivity contribution in [1.82, 2.24) is 0 Å². The Kier molecular flexibility index (Phi) is 3.45. The van der Waals surface area contributed by atoms with E-state index in [4.69, 9.17) is 10.5 Å². The van der Waals surface area contributed by atoms with E-state index >= 15 is 0 Å². The molecule has 2 rings (SSSR count). The van der Waals surface area contributed by atoms with Crippen LogP contribution in [0.2, 0.25) is 0 Å². The Morgan fingerprint density at radius 2 is 2.12 bits per heavy atom. The Balaban J connectivity index is 2.29. The zero-order chi connectivity index (χ0) is 12.5. The molecule has 17 heavy (non-hydrogen) atoms. The molecule has 0 saturated carbocycles. The van der Waals surface area contributed by atoms with Gasteiger partial charge in [0, 0.05) is 12.2 Å². The first kappa shape index (κ1) is 12.5. The molecule has 0 amide bonds. The van der Waals surface area contributed by atoms with Gasteiger partial charge in [0.2, 0.25) is 0 Å². The summed E-state index contributed by atoms with van der Waals surface area (Å²) in [5.41, 5.74) is 5.63. The Bertz CT molecular complexity index is 402. The van der Waals surface area contributed by atoms with E-state index < -0.39 is 23.3 Å². The van der Waals surface area contributed by atoms with Crippen LogP contribution < -0.4 is 5.73 Å². The molecule has 94 valence electrons. The second kappa shape index (κ2) is 4.70. The molecule has 1 aromatic rings. The van der Waals surface area contributed by atoms with Gasteiger partial charge in [0.25, 0.3) is 0 Å². The van der Waals surface area contributed by atoms with Crippen molar-refractivity contribution in [2.24, 2.45) is 5.73 Å². The van der Waals surface area contributed by atoms with Crippen molar-refractivity contribution in [2.45, 2.75) is 37.8 Å². The molecule has 2 N–H and O–H groups in total. The van der Waals surface area contributed by atoms with Gasteiger partial charge in [-0.2, -0.15) is 0 Å². The van der Waals surface area contributed by atoms with Gasteiger partial charge in [-0.3, -0.25) is 0 Å². The Labute approximate surface area is 99.8 Å². The topological polar surface area (TPSA) is 35.2 Å². The summed E-state index contributed by atoms with van der Waals surface area (Å²) in [6, 6.07) is 2.72. The molecule has 1 aliphatic heterocycles. The lowest BCUT2D eigenvalue weighted by atomic mass is 9.84. The SMILES string of the molecule is CC1(C(N)c2cc(F)ccc2F)CCCCO1. The van der Waals surface area contributed by atoms with E-state index in [0.717, 1.165) is 37.5 Å². The van der Waals surface area contributed by atoms with E-state index in [1.807, 2.05) is 6.92 Å². The first-order valence-corrected chi connectivity index (χ1v) is 5.87. The van der Waals surface area contributed by atoms with Crippen molar-refractivity contribution in [3.63, 3.8) is 0 Å². The summed E-state index contributed by atoms with van der Waals surface area (Å²) in [6.07, 6.45) is 2.76. The number of ether oxygens (including phenoxy) is 1. The fourth-order valence-corrected chi connectivity index (χ4v) is 2.28. The minimum Gasteiger partial charge on any atom is -0.373 e. The van der Waals surface area contributed by atoms with Gasteiger partial charge in [-0.1, -0.05) is 0 Å². The van der Waals surface area contributed by atoms with E-state index in [-0.39, 0.29) is 5.56 Å². The Morgan fingerprint density at radius 1 is 1.35 bits per heavy atom. The van der Waals surface area contributed by atoms with Crippen LogP contribution in [-0.4, -0.2) is 12.2 Å². The lowest BCUT2D eigenvalue weighted by molar-refractivity contribution is -0.0826. The van der Waals surface area contributed by atoms with Gasteiger partial charge < -0.3 is 10.5 Å². The number of hydrogen-bond acceptors (Lipinski definition) is 2. The Morgan fingerprint density at radius 3 is 2.76 bits per heavy atom. The maximum absolute atomic E-state index is 13.6. The molecular weight excluding hydrogens is 224 g/mol. The molecule has 0 aromatic heterocycles. The molecule has 4 heteroatoms. The molecule has 0 aliphatic carbocycles. The van der Waals surface area contributed by atoms with E-state index in [1.165, 1.54) is 0 Å². The third-order valence-corrected chi connectivity index (χ3v) is 3.45. The summed E-state index contributed by atoms with van der Waals surface area (Å²) in [7, 11) is 0. The standard InChI is InChI=1S/C13H17F2NO/c1-13(6-2-3-7-17-13)12(16)10-8-9(14)4-5-11(10)15/h4-5,8,12H,2-3,6-7,16H2,1H3. The summed E-state index contributed by atoms with van der Waals surface area (Å²) in [4.78, 5) is 0. The van der Waals surface area contributed by atoms with Gasteiger partial charge in [0.05, 0.1) is 11.6 Å². The summed E-state index contributed by atoms with van der Waals surface area (Å²) in [5.74, 6) is -0.953. The molecule has 0 radical (unpaired) electrons. The fraction of sp³-hybridized carbons (Fsp3) is 0.538. The molecule has 1 aliphatic rings. The third-order valence-electron chi connectivity index (χ3n) is 3.45. The van der Waals surface area contributed by atoms with Crippen molar-refractivity contribution >= 4 is 0 Å². The molecule has 1 aromatic carbocycles. The molecule has 0 bridgehead atoms. The normalized spacial score (nSPS) is 26.8. The summed E-state index contributed by atoms with van der Waals surface area (Å²) >= 11 is 0. The van der Waals surface area contributed by atoms with Gasteiger partial charge in [-0.05, 0) is 44.4 Å². The Hall–Kier alpha value is -1.00. The molecule has 1 saturated heterocycles. The predicted octanol–water partition coefficient (Wildman–Crippen LogP) is 2.92. The van der Waals surface area contributed by atoms with Gasteiger partial charge in [-0.15, -0.1) is 0 Å². The monoisotopic (exact) mass is 241 g/mol. The molecule has 1 heterocycles.